The Morgan fingerprint density at radius 2 is 1.89 bits per heavy atom. The van der Waals surface area contributed by atoms with E-state index in [1.165, 1.54) is 18.2 Å². The molecule has 1 aromatic heterocycles. The van der Waals surface area contributed by atoms with Gasteiger partial charge in [-0.05, 0) is 42.0 Å². The van der Waals surface area contributed by atoms with Crippen LogP contribution in [0.25, 0.3) is 0 Å². The monoisotopic (exact) mass is 507 g/mol. The van der Waals surface area contributed by atoms with Crippen molar-refractivity contribution in [2.75, 3.05) is 6.54 Å². The van der Waals surface area contributed by atoms with Gasteiger partial charge in [0.2, 0.25) is 0 Å². The number of nitrogens with two attached hydrogens (primary N) is 1. The summed E-state index contributed by atoms with van der Waals surface area (Å²) in [6, 6.07) is 9.90. The normalized spacial score (nSPS) is 13.4. The zero-order valence-electron chi connectivity index (χ0n) is 17.9. The van der Waals surface area contributed by atoms with Crippen molar-refractivity contribution < 1.29 is 27.1 Å². The highest BCUT2D eigenvalue weighted by Crippen LogP contribution is 2.45. The number of pyridine rings is 1. The maximum atomic E-state index is 15.5. The molecule has 4 N–H and O–H groups in total. The number of benzene rings is 2. The first-order chi connectivity index (χ1) is 16.6. The molecule has 182 valence electrons. The van der Waals surface area contributed by atoms with Crippen LogP contribution in [0.5, 0.6) is 0 Å². The zero-order chi connectivity index (χ0) is 25.6. The number of nitrogens with one attached hydrogen (secondary N) is 1. The Bertz CT molecular complexity index is 1270. The van der Waals surface area contributed by atoms with E-state index in [0.717, 1.165) is 48.6 Å². The minimum Gasteiger partial charge on any atom is -0.377 e. The maximum absolute atomic E-state index is 15.5. The molecule has 12 heteroatoms. The van der Waals surface area contributed by atoms with Gasteiger partial charge in [-0.2, -0.15) is 19.1 Å². The van der Waals surface area contributed by atoms with Crippen LogP contribution in [0.1, 0.15) is 22.4 Å². The third-order valence-electron chi connectivity index (χ3n) is 5.02. The van der Waals surface area contributed by atoms with E-state index in [9.17, 15) is 18.3 Å². The van der Waals surface area contributed by atoms with Crippen molar-refractivity contribution >= 4 is 18.1 Å². The Morgan fingerprint density at radius 3 is 2.49 bits per heavy atom. The number of hydrogen-bond donors (Lipinski definition) is 3. The summed E-state index contributed by atoms with van der Waals surface area (Å²) < 4.78 is 72.9. The van der Waals surface area contributed by atoms with Gasteiger partial charge in [0.05, 0.1) is 18.2 Å². The van der Waals surface area contributed by atoms with E-state index in [4.69, 9.17) is 11.1 Å². The molecule has 3 rings (SSSR count). The van der Waals surface area contributed by atoms with Crippen LogP contribution in [0.2, 0.25) is 0 Å². The summed E-state index contributed by atoms with van der Waals surface area (Å²) in [5, 5.41) is 25.1. The van der Waals surface area contributed by atoms with Gasteiger partial charge in [-0.1, -0.05) is 6.07 Å². The van der Waals surface area contributed by atoms with Gasteiger partial charge in [-0.25, -0.2) is 13.2 Å². The third kappa shape index (κ3) is 5.52. The molecule has 0 radical (unpaired) electrons. The number of aliphatic hydroxyl groups is 1. The average molecular weight is 507 g/mol. The summed E-state index contributed by atoms with van der Waals surface area (Å²) in [7, 11) is 0. The van der Waals surface area contributed by atoms with Gasteiger partial charge < -0.3 is 16.3 Å². The van der Waals surface area contributed by atoms with E-state index in [0.29, 0.717) is 11.6 Å². The molecule has 3 aromatic rings. The smallest absolute Gasteiger partial charge is 0.323 e. The third-order valence-corrected chi connectivity index (χ3v) is 6.14. The predicted molar refractivity (Wildman–Crippen MR) is 120 cm³/mol. The van der Waals surface area contributed by atoms with Crippen molar-refractivity contribution in [1.82, 2.24) is 10.3 Å². The van der Waals surface area contributed by atoms with Crippen LogP contribution in [0.3, 0.4) is 0 Å². The summed E-state index contributed by atoms with van der Waals surface area (Å²) in [6.45, 7) is -0.930. The van der Waals surface area contributed by atoms with Gasteiger partial charge >= 0.3 is 5.92 Å². The maximum Gasteiger partial charge on any atom is 0.323 e. The molecule has 0 saturated heterocycles. The summed E-state index contributed by atoms with van der Waals surface area (Å²) in [5.41, 5.74) is -4.31. The number of hydrogen-bond acceptors (Lipinski definition) is 6. The van der Waals surface area contributed by atoms with Gasteiger partial charge in [0.1, 0.15) is 29.5 Å². The van der Waals surface area contributed by atoms with E-state index in [1.807, 2.05) is 6.07 Å². The summed E-state index contributed by atoms with van der Waals surface area (Å²) in [5.74, 6) is -2.01. The molecule has 0 aliphatic heterocycles. The molecule has 0 saturated carbocycles. The number of halogens is 5. The highest BCUT2D eigenvalue weighted by molar-refractivity contribution is 7.98. The molecule has 35 heavy (non-hydrogen) atoms. The Labute approximate surface area is 201 Å². The topological polar surface area (TPSA) is 107 Å². The van der Waals surface area contributed by atoms with Gasteiger partial charge in [-0.3, -0.25) is 4.98 Å². The largest absolute Gasteiger partial charge is 0.377 e. The first-order valence-electron chi connectivity index (χ1n) is 9.91. The Kier molecular flexibility index (Phi) is 7.93. The van der Waals surface area contributed by atoms with Gasteiger partial charge in [0, 0.05) is 28.5 Å². The lowest BCUT2D eigenvalue weighted by atomic mass is 9.84. The molecule has 1 heterocycles. The lowest BCUT2D eigenvalue weighted by Crippen LogP contribution is -2.51. The highest BCUT2D eigenvalue weighted by Gasteiger charge is 2.57. The van der Waals surface area contributed by atoms with Crippen LogP contribution in [0, 0.1) is 28.8 Å². The second-order valence-corrected chi connectivity index (χ2v) is 8.33. The van der Waals surface area contributed by atoms with Crippen LogP contribution in [-0.4, -0.2) is 23.0 Å². The minimum absolute atomic E-state index is 0.164. The zero-order valence-corrected chi connectivity index (χ0v) is 18.7. The molecule has 0 aliphatic rings. The van der Waals surface area contributed by atoms with Crippen molar-refractivity contribution in [3.63, 3.8) is 0 Å². The fourth-order valence-electron chi connectivity index (χ4n) is 3.20. The number of nitriles is 1. The number of aromatic nitrogens is 1. The first-order valence-corrected chi connectivity index (χ1v) is 10.9. The standard InChI is InChI=1S/C23H18F5N5OS/c24-16-3-4-17(18(25)8-16)22(34,12-31-13-33-30)23(27,28)21-6-2-15(10-32-21)11-35-20-5-1-14(9-29)7-19(20)26/h1-8,10,13,34H,11-12,30H2,(H,31,33). The molecule has 1 atom stereocenters. The van der Waals surface area contributed by atoms with Gasteiger partial charge in [-0.15, -0.1) is 11.8 Å². The SMILES string of the molecule is N#Cc1ccc(SCc2ccc(C(F)(F)C(O)(CN/C=N\N)c3ccc(F)cc3F)nc2)c(F)c1. The van der Waals surface area contributed by atoms with Crippen molar-refractivity contribution in [1.29, 1.82) is 5.26 Å². The average Bonchev–Trinajstić information content (AvgIpc) is 2.83. The summed E-state index contributed by atoms with van der Waals surface area (Å²) in [6.07, 6.45) is 1.95. The van der Waals surface area contributed by atoms with E-state index in [1.54, 1.807) is 0 Å². The second kappa shape index (κ2) is 10.7. The molecular weight excluding hydrogens is 489 g/mol. The summed E-state index contributed by atoms with van der Waals surface area (Å²) >= 11 is 1.07. The lowest BCUT2D eigenvalue weighted by Gasteiger charge is -2.36. The second-order valence-electron chi connectivity index (χ2n) is 7.32. The molecular formula is C23H18F5N5OS. The number of hydrazone groups is 1. The molecule has 0 aliphatic carbocycles. The van der Waals surface area contributed by atoms with Crippen molar-refractivity contribution in [3.8, 4) is 6.07 Å². The molecule has 0 bridgehead atoms. The van der Waals surface area contributed by atoms with Gasteiger partial charge in [0.15, 0.2) is 5.60 Å². The Hall–Kier alpha value is -3.69. The van der Waals surface area contributed by atoms with Crippen molar-refractivity contribution in [2.45, 2.75) is 22.2 Å². The van der Waals surface area contributed by atoms with Crippen molar-refractivity contribution in [3.05, 3.63) is 94.6 Å². The van der Waals surface area contributed by atoms with E-state index >= 15 is 8.78 Å². The summed E-state index contributed by atoms with van der Waals surface area (Å²) in [4.78, 5) is 3.99. The number of nitrogens with zero attached hydrogens (tertiary/aromatic N) is 3. The molecule has 1 unspecified atom stereocenters. The Balaban J connectivity index is 1.87. The molecule has 2 aromatic carbocycles. The fourth-order valence-corrected chi connectivity index (χ4v) is 4.06. The molecule has 0 fully saturated rings. The van der Waals surface area contributed by atoms with Crippen molar-refractivity contribution in [2.24, 2.45) is 10.9 Å². The number of alkyl halides is 2. The molecule has 6 nitrogen and oxygen atoms in total. The van der Waals surface area contributed by atoms with Crippen LogP contribution in [0.4, 0.5) is 22.0 Å². The van der Waals surface area contributed by atoms with Crippen LogP contribution in [-0.2, 0) is 17.3 Å². The predicted octanol–water partition coefficient (Wildman–Crippen LogP) is 4.13. The van der Waals surface area contributed by atoms with Crippen LogP contribution < -0.4 is 11.2 Å². The molecule has 0 amide bonds. The number of thioether (sulfide) groups is 1. The minimum atomic E-state index is -4.15. The highest BCUT2D eigenvalue weighted by atomic mass is 32.2. The molecule has 0 spiro atoms. The van der Waals surface area contributed by atoms with E-state index in [-0.39, 0.29) is 16.2 Å². The van der Waals surface area contributed by atoms with Gasteiger partial charge in [0.25, 0.3) is 0 Å². The van der Waals surface area contributed by atoms with E-state index < -0.39 is 46.8 Å². The van der Waals surface area contributed by atoms with Crippen LogP contribution >= 0.6 is 11.8 Å². The van der Waals surface area contributed by atoms with E-state index in [2.05, 4.69) is 15.4 Å². The quantitative estimate of drug-likeness (QED) is 0.100. The number of rotatable bonds is 9. The lowest BCUT2D eigenvalue weighted by molar-refractivity contribution is -0.195. The first kappa shape index (κ1) is 25.9. The fraction of sp³-hybridized carbons (Fsp3) is 0.174. The van der Waals surface area contributed by atoms with Crippen LogP contribution in [0.15, 0.2) is 64.7 Å². The Morgan fingerprint density at radius 1 is 1.11 bits per heavy atom.